The summed E-state index contributed by atoms with van der Waals surface area (Å²) in [6.07, 6.45) is 0.715. The quantitative estimate of drug-likeness (QED) is 0.613. The number of hydrogen-bond donors (Lipinski definition) is 2. The molecule has 154 valence electrons. The number of carbonyl (C=O) groups excluding carboxylic acids is 2. The van der Waals surface area contributed by atoms with Crippen LogP contribution in [-0.2, 0) is 16.0 Å². The first-order valence-corrected chi connectivity index (χ1v) is 10.3. The minimum atomic E-state index is -0.684. The topological polar surface area (TPSA) is 76.0 Å². The first-order valence-electron chi connectivity index (χ1n) is 9.92. The Hall–Kier alpha value is -3.12. The van der Waals surface area contributed by atoms with E-state index in [0.717, 1.165) is 33.6 Å². The fraction of sp³-hybridized carbons (Fsp3) is 0.261. The largest absolute Gasteiger partial charge is 0.326 e. The summed E-state index contributed by atoms with van der Waals surface area (Å²) in [6.45, 7) is 5.93. The van der Waals surface area contributed by atoms with E-state index in [4.69, 9.17) is 11.6 Å². The van der Waals surface area contributed by atoms with Crippen LogP contribution in [0.2, 0.25) is 5.02 Å². The molecule has 4 rings (SSSR count). The maximum atomic E-state index is 12.7. The minimum Gasteiger partial charge on any atom is -0.326 e. The zero-order chi connectivity index (χ0) is 21.4. The maximum absolute atomic E-state index is 12.7. The lowest BCUT2D eigenvalue weighted by Crippen LogP contribution is -2.24. The lowest BCUT2D eigenvalue weighted by atomic mass is 10.0. The van der Waals surface area contributed by atoms with E-state index < -0.39 is 6.04 Å². The van der Waals surface area contributed by atoms with Gasteiger partial charge in [0, 0.05) is 16.3 Å². The van der Waals surface area contributed by atoms with Crippen LogP contribution >= 0.6 is 11.6 Å². The van der Waals surface area contributed by atoms with Crippen LogP contribution < -0.4 is 10.6 Å². The number of amides is 2. The fourth-order valence-electron chi connectivity index (χ4n) is 3.73. The number of rotatable bonds is 5. The Morgan fingerprint density at radius 1 is 1.20 bits per heavy atom. The molecule has 0 radical (unpaired) electrons. The Morgan fingerprint density at radius 2 is 1.93 bits per heavy atom. The molecule has 0 aliphatic carbocycles. The van der Waals surface area contributed by atoms with Gasteiger partial charge in [0.05, 0.1) is 12.1 Å². The zero-order valence-corrected chi connectivity index (χ0v) is 17.9. The number of anilines is 2. The van der Waals surface area contributed by atoms with E-state index in [1.807, 2.05) is 63.2 Å². The maximum Gasteiger partial charge on any atom is 0.251 e. The normalized spacial score (nSPS) is 15.1. The monoisotopic (exact) mass is 422 g/mol. The minimum absolute atomic E-state index is 0.0110. The van der Waals surface area contributed by atoms with Gasteiger partial charge in [-0.15, -0.1) is 0 Å². The van der Waals surface area contributed by atoms with Crippen LogP contribution in [0.25, 0.3) is 11.1 Å². The highest BCUT2D eigenvalue weighted by Gasteiger charge is 2.36. The molecule has 3 aromatic rings. The number of benzene rings is 2. The van der Waals surface area contributed by atoms with E-state index in [0.29, 0.717) is 17.3 Å². The number of fused-ring (bicyclic) bond motifs is 1. The molecule has 30 heavy (non-hydrogen) atoms. The molecule has 1 aliphatic rings. The number of halogens is 1. The molecule has 2 heterocycles. The molecule has 2 aromatic carbocycles. The first-order chi connectivity index (χ1) is 14.4. The highest BCUT2D eigenvalue weighted by Crippen LogP contribution is 2.39. The number of carbonyl (C=O) groups is 2. The predicted molar refractivity (Wildman–Crippen MR) is 119 cm³/mol. The SMILES string of the molecule is CCc1nn2c(c1-c1ccc(Cl)cc1)NC(=O)C2CC(=O)Nc1cc(C)ccc1C. The highest BCUT2D eigenvalue weighted by molar-refractivity contribution is 6.30. The number of hydrogen-bond acceptors (Lipinski definition) is 3. The van der Waals surface area contributed by atoms with Gasteiger partial charge >= 0.3 is 0 Å². The van der Waals surface area contributed by atoms with Crippen molar-refractivity contribution in [2.45, 2.75) is 39.7 Å². The zero-order valence-electron chi connectivity index (χ0n) is 17.1. The first kappa shape index (κ1) is 20.2. The summed E-state index contributed by atoms with van der Waals surface area (Å²) in [5.41, 5.74) is 5.47. The van der Waals surface area contributed by atoms with Crippen molar-refractivity contribution in [3.8, 4) is 11.1 Å². The van der Waals surface area contributed by atoms with Crippen molar-refractivity contribution in [2.75, 3.05) is 10.6 Å². The Kier molecular flexibility index (Phi) is 5.35. The van der Waals surface area contributed by atoms with Crippen molar-refractivity contribution in [2.24, 2.45) is 0 Å². The third kappa shape index (κ3) is 3.71. The number of aromatic nitrogens is 2. The van der Waals surface area contributed by atoms with Crippen molar-refractivity contribution in [1.29, 1.82) is 0 Å². The Labute approximate surface area is 180 Å². The molecule has 6 nitrogen and oxygen atoms in total. The average molecular weight is 423 g/mol. The number of nitrogens with one attached hydrogen (secondary N) is 2. The van der Waals surface area contributed by atoms with Gasteiger partial charge in [-0.05, 0) is 55.2 Å². The standard InChI is InChI=1S/C23H23ClN4O2/c1-4-17-21(15-7-9-16(24)10-8-15)22-26-23(30)19(28(22)27-17)12-20(29)25-18-11-13(2)5-6-14(18)3/h5-11,19H,4,12H2,1-3H3,(H,25,29)(H,26,30). The van der Waals surface area contributed by atoms with Crippen molar-refractivity contribution < 1.29 is 9.59 Å². The third-order valence-electron chi connectivity index (χ3n) is 5.34. The van der Waals surface area contributed by atoms with E-state index in [9.17, 15) is 9.59 Å². The summed E-state index contributed by atoms with van der Waals surface area (Å²) in [7, 11) is 0. The second kappa shape index (κ2) is 7.95. The molecular formula is C23H23ClN4O2. The van der Waals surface area contributed by atoms with Gasteiger partial charge in [-0.3, -0.25) is 9.59 Å². The fourth-order valence-corrected chi connectivity index (χ4v) is 3.86. The molecule has 2 amide bonds. The molecule has 2 N–H and O–H groups in total. The van der Waals surface area contributed by atoms with Gasteiger partial charge in [0.2, 0.25) is 5.91 Å². The molecule has 1 atom stereocenters. The summed E-state index contributed by atoms with van der Waals surface area (Å²) >= 11 is 6.02. The molecule has 0 fully saturated rings. The Bertz CT molecular complexity index is 1130. The molecule has 0 bridgehead atoms. The molecule has 0 spiro atoms. The lowest BCUT2D eigenvalue weighted by molar-refractivity contribution is -0.123. The van der Waals surface area contributed by atoms with E-state index in [1.54, 1.807) is 4.68 Å². The van der Waals surface area contributed by atoms with E-state index in [2.05, 4.69) is 15.7 Å². The van der Waals surface area contributed by atoms with Gasteiger partial charge in [0.15, 0.2) is 0 Å². The van der Waals surface area contributed by atoms with Gasteiger partial charge in [-0.1, -0.05) is 42.8 Å². The van der Waals surface area contributed by atoms with Crippen LogP contribution in [0.3, 0.4) is 0 Å². The molecule has 7 heteroatoms. The summed E-state index contributed by atoms with van der Waals surface area (Å²) in [4.78, 5) is 25.4. The molecule has 1 aliphatic heterocycles. The van der Waals surface area contributed by atoms with Crippen molar-refractivity contribution >= 4 is 34.9 Å². The average Bonchev–Trinajstić information content (AvgIpc) is 3.21. The summed E-state index contributed by atoms with van der Waals surface area (Å²) in [6, 6.07) is 12.6. The third-order valence-corrected chi connectivity index (χ3v) is 5.59. The molecular weight excluding hydrogens is 400 g/mol. The molecule has 1 unspecified atom stereocenters. The van der Waals surface area contributed by atoms with Crippen LogP contribution in [0.4, 0.5) is 11.5 Å². The van der Waals surface area contributed by atoms with Crippen molar-refractivity contribution in [3.05, 3.63) is 64.3 Å². The number of aryl methyl sites for hydroxylation is 3. The van der Waals surface area contributed by atoms with Gasteiger partial charge in [0.1, 0.15) is 11.9 Å². The van der Waals surface area contributed by atoms with Gasteiger partial charge in [0.25, 0.3) is 5.91 Å². The van der Waals surface area contributed by atoms with E-state index >= 15 is 0 Å². The summed E-state index contributed by atoms with van der Waals surface area (Å²) < 4.78 is 1.65. The molecule has 0 saturated heterocycles. The van der Waals surface area contributed by atoms with Gasteiger partial charge in [-0.25, -0.2) is 4.68 Å². The van der Waals surface area contributed by atoms with Crippen LogP contribution in [0.1, 0.15) is 36.2 Å². The summed E-state index contributed by atoms with van der Waals surface area (Å²) in [5.74, 6) is 0.175. The van der Waals surface area contributed by atoms with Gasteiger partial charge in [-0.2, -0.15) is 5.10 Å². The van der Waals surface area contributed by atoms with Gasteiger partial charge < -0.3 is 10.6 Å². The second-order valence-electron chi connectivity index (χ2n) is 7.55. The molecule has 0 saturated carbocycles. The predicted octanol–water partition coefficient (Wildman–Crippen LogP) is 4.90. The van der Waals surface area contributed by atoms with Crippen LogP contribution in [0.15, 0.2) is 42.5 Å². The van der Waals surface area contributed by atoms with Crippen molar-refractivity contribution in [1.82, 2.24) is 9.78 Å². The van der Waals surface area contributed by atoms with Crippen LogP contribution in [-0.4, -0.2) is 21.6 Å². The Balaban J connectivity index is 1.62. The van der Waals surface area contributed by atoms with Crippen LogP contribution in [0, 0.1) is 13.8 Å². The smallest absolute Gasteiger partial charge is 0.251 e. The summed E-state index contributed by atoms with van der Waals surface area (Å²) in [5, 5.41) is 11.1. The Morgan fingerprint density at radius 3 is 2.63 bits per heavy atom. The molecule has 1 aromatic heterocycles. The second-order valence-corrected chi connectivity index (χ2v) is 7.99. The lowest BCUT2D eigenvalue weighted by Gasteiger charge is -2.12. The van der Waals surface area contributed by atoms with Crippen LogP contribution in [0.5, 0.6) is 0 Å². The van der Waals surface area contributed by atoms with E-state index in [-0.39, 0.29) is 18.2 Å². The number of nitrogens with zero attached hydrogens (tertiary/aromatic N) is 2. The van der Waals surface area contributed by atoms with Crippen molar-refractivity contribution in [3.63, 3.8) is 0 Å². The highest BCUT2D eigenvalue weighted by atomic mass is 35.5. The van der Waals surface area contributed by atoms with E-state index in [1.165, 1.54) is 0 Å².